The largest absolute Gasteiger partial charge is 0.388 e. The number of halogens is 1. The lowest BCUT2D eigenvalue weighted by Gasteiger charge is -2.45. The lowest BCUT2D eigenvalue weighted by atomic mass is 9.87. The van der Waals surface area contributed by atoms with Gasteiger partial charge in [0.05, 0.1) is 22.6 Å². The van der Waals surface area contributed by atoms with Crippen molar-refractivity contribution in [1.29, 1.82) is 0 Å². The van der Waals surface area contributed by atoms with Crippen LogP contribution in [0.1, 0.15) is 64.7 Å². The minimum Gasteiger partial charge on any atom is -0.388 e. The van der Waals surface area contributed by atoms with Gasteiger partial charge in [0.1, 0.15) is 0 Å². The molecule has 152 valence electrons. The zero-order valence-electron chi connectivity index (χ0n) is 15.9. The van der Waals surface area contributed by atoms with Crippen molar-refractivity contribution in [2.24, 2.45) is 4.99 Å². The second kappa shape index (κ2) is 8.94. The smallest absolute Gasteiger partial charge is 0.194 e. The zero-order valence-corrected chi connectivity index (χ0v) is 19.0. The Morgan fingerprint density at radius 2 is 1.73 bits per heavy atom. The van der Waals surface area contributed by atoms with Crippen LogP contribution in [0.5, 0.6) is 0 Å². The minimum atomic E-state index is -3.04. The summed E-state index contributed by atoms with van der Waals surface area (Å²) in [4.78, 5) is 6.82. The standard InChI is InChI=1S/C18H33N3O3S.HI/c1-2-19-16(20-14-17(22)8-6-7-9-17)21-12-13-25(23,24)18(15-21)10-4-3-5-11-18;/h22H,2-15H2,1H3,(H,19,20);1H. The van der Waals surface area contributed by atoms with Crippen LogP contribution in [0.25, 0.3) is 0 Å². The quantitative estimate of drug-likeness (QED) is 0.354. The second-order valence-electron chi connectivity index (χ2n) is 8.09. The van der Waals surface area contributed by atoms with Crippen LogP contribution in [0.15, 0.2) is 4.99 Å². The van der Waals surface area contributed by atoms with E-state index in [2.05, 4.69) is 10.2 Å². The number of sulfone groups is 1. The predicted octanol–water partition coefficient (Wildman–Crippen LogP) is 2.31. The van der Waals surface area contributed by atoms with Crippen molar-refractivity contribution >= 4 is 39.8 Å². The molecule has 1 spiro atoms. The number of hydrogen-bond acceptors (Lipinski definition) is 4. The molecule has 0 aromatic carbocycles. The van der Waals surface area contributed by atoms with Crippen molar-refractivity contribution in [1.82, 2.24) is 10.2 Å². The Hall–Kier alpha value is -0.0900. The summed E-state index contributed by atoms with van der Waals surface area (Å²) in [6.45, 7) is 4.21. The summed E-state index contributed by atoms with van der Waals surface area (Å²) in [6, 6.07) is 0. The topological polar surface area (TPSA) is 82.0 Å². The summed E-state index contributed by atoms with van der Waals surface area (Å²) in [7, 11) is -3.04. The van der Waals surface area contributed by atoms with E-state index in [1.54, 1.807) is 0 Å². The average molecular weight is 499 g/mol. The molecule has 2 N–H and O–H groups in total. The third-order valence-corrected chi connectivity index (χ3v) is 8.80. The molecule has 2 saturated carbocycles. The molecule has 6 nitrogen and oxygen atoms in total. The van der Waals surface area contributed by atoms with Gasteiger partial charge in [0.2, 0.25) is 0 Å². The Morgan fingerprint density at radius 3 is 2.35 bits per heavy atom. The third kappa shape index (κ3) is 4.66. The Morgan fingerprint density at radius 1 is 1.12 bits per heavy atom. The van der Waals surface area contributed by atoms with Gasteiger partial charge in [-0.2, -0.15) is 0 Å². The highest BCUT2D eigenvalue weighted by Gasteiger charge is 2.48. The molecule has 3 rings (SSSR count). The summed E-state index contributed by atoms with van der Waals surface area (Å²) in [6.07, 6.45) is 8.44. The van der Waals surface area contributed by atoms with E-state index in [0.717, 1.165) is 70.3 Å². The van der Waals surface area contributed by atoms with E-state index >= 15 is 0 Å². The number of aliphatic imine (C=N–C) groups is 1. The highest BCUT2D eigenvalue weighted by Crippen LogP contribution is 2.38. The fourth-order valence-corrected chi connectivity index (χ4v) is 6.81. The van der Waals surface area contributed by atoms with Crippen molar-refractivity contribution in [2.75, 3.05) is 31.9 Å². The van der Waals surface area contributed by atoms with Crippen LogP contribution in [-0.4, -0.2) is 66.7 Å². The molecule has 3 fully saturated rings. The fraction of sp³-hybridized carbons (Fsp3) is 0.944. The number of nitrogens with zero attached hydrogens (tertiary/aromatic N) is 2. The summed E-state index contributed by atoms with van der Waals surface area (Å²) in [5, 5.41) is 13.9. The van der Waals surface area contributed by atoms with Crippen LogP contribution >= 0.6 is 24.0 Å². The van der Waals surface area contributed by atoms with Gasteiger partial charge < -0.3 is 15.3 Å². The van der Waals surface area contributed by atoms with Crippen molar-refractivity contribution in [3.63, 3.8) is 0 Å². The minimum absolute atomic E-state index is 0. The third-order valence-electron chi connectivity index (χ3n) is 6.23. The molecular formula is C18H34IN3O3S. The Balaban J connectivity index is 0.00000243. The van der Waals surface area contributed by atoms with Crippen LogP contribution in [-0.2, 0) is 9.84 Å². The first-order valence-electron chi connectivity index (χ1n) is 9.88. The van der Waals surface area contributed by atoms with Gasteiger partial charge in [0.25, 0.3) is 0 Å². The molecule has 0 amide bonds. The van der Waals surface area contributed by atoms with Gasteiger partial charge in [0, 0.05) is 19.6 Å². The van der Waals surface area contributed by atoms with Gasteiger partial charge in [-0.15, -0.1) is 24.0 Å². The molecule has 1 heterocycles. The maximum Gasteiger partial charge on any atom is 0.194 e. The summed E-state index contributed by atoms with van der Waals surface area (Å²) >= 11 is 0. The van der Waals surface area contributed by atoms with Gasteiger partial charge in [-0.25, -0.2) is 8.42 Å². The summed E-state index contributed by atoms with van der Waals surface area (Å²) in [5.74, 6) is 0.976. The molecule has 1 saturated heterocycles. The van der Waals surface area contributed by atoms with E-state index in [1.165, 1.54) is 0 Å². The zero-order chi connectivity index (χ0) is 18.0. The van der Waals surface area contributed by atoms with Crippen LogP contribution < -0.4 is 5.32 Å². The first-order valence-corrected chi connectivity index (χ1v) is 11.5. The fourth-order valence-electron chi connectivity index (χ4n) is 4.66. The molecule has 26 heavy (non-hydrogen) atoms. The lowest BCUT2D eigenvalue weighted by Crippen LogP contribution is -2.60. The number of guanidine groups is 1. The normalized spacial score (nSPS) is 27.2. The second-order valence-corrected chi connectivity index (χ2v) is 10.6. The molecule has 0 unspecified atom stereocenters. The molecule has 0 aromatic heterocycles. The molecule has 1 aliphatic heterocycles. The SMILES string of the molecule is CCNC(=NCC1(O)CCCC1)N1CCS(=O)(=O)C2(CCCCC2)C1.I. The Bertz CT molecular complexity index is 597. The van der Waals surface area contributed by atoms with Gasteiger partial charge in [-0.05, 0) is 32.6 Å². The molecule has 0 radical (unpaired) electrons. The first kappa shape index (κ1) is 22.2. The molecule has 0 aromatic rings. The number of nitrogens with one attached hydrogen (secondary N) is 1. The van der Waals surface area contributed by atoms with E-state index < -0.39 is 20.2 Å². The van der Waals surface area contributed by atoms with E-state index in [0.29, 0.717) is 19.6 Å². The predicted molar refractivity (Wildman–Crippen MR) is 116 cm³/mol. The number of hydrogen-bond donors (Lipinski definition) is 2. The van der Waals surface area contributed by atoms with Crippen LogP contribution in [0, 0.1) is 0 Å². The van der Waals surface area contributed by atoms with Crippen LogP contribution in [0.3, 0.4) is 0 Å². The van der Waals surface area contributed by atoms with Crippen molar-refractivity contribution in [2.45, 2.75) is 75.1 Å². The van der Waals surface area contributed by atoms with Gasteiger partial charge in [-0.1, -0.05) is 32.1 Å². The van der Waals surface area contributed by atoms with E-state index in [9.17, 15) is 13.5 Å². The lowest BCUT2D eigenvalue weighted by molar-refractivity contribution is 0.0571. The first-order chi connectivity index (χ1) is 11.9. The van der Waals surface area contributed by atoms with Gasteiger partial charge >= 0.3 is 0 Å². The van der Waals surface area contributed by atoms with E-state index in [1.807, 2.05) is 6.92 Å². The van der Waals surface area contributed by atoms with Crippen molar-refractivity contribution in [3.05, 3.63) is 0 Å². The molecule has 3 aliphatic rings. The average Bonchev–Trinajstić information content (AvgIpc) is 3.02. The maximum absolute atomic E-state index is 12.8. The Labute approximate surface area is 175 Å². The molecule has 0 atom stereocenters. The highest BCUT2D eigenvalue weighted by molar-refractivity contribution is 14.0. The van der Waals surface area contributed by atoms with Gasteiger partial charge in [-0.3, -0.25) is 4.99 Å². The molecule has 2 aliphatic carbocycles. The summed E-state index contributed by atoms with van der Waals surface area (Å²) in [5.41, 5.74) is -0.676. The van der Waals surface area contributed by atoms with Crippen LogP contribution in [0.2, 0.25) is 0 Å². The van der Waals surface area contributed by atoms with E-state index in [-0.39, 0.29) is 29.7 Å². The number of rotatable bonds is 3. The number of aliphatic hydroxyl groups is 1. The maximum atomic E-state index is 12.8. The van der Waals surface area contributed by atoms with Crippen molar-refractivity contribution in [3.8, 4) is 0 Å². The van der Waals surface area contributed by atoms with Crippen LogP contribution in [0.4, 0.5) is 0 Å². The molecule has 8 heteroatoms. The Kier molecular flexibility index (Phi) is 7.63. The summed E-state index contributed by atoms with van der Waals surface area (Å²) < 4.78 is 25.0. The molecule has 0 bridgehead atoms. The van der Waals surface area contributed by atoms with Gasteiger partial charge in [0.15, 0.2) is 15.8 Å². The molecular weight excluding hydrogens is 465 g/mol. The highest BCUT2D eigenvalue weighted by atomic mass is 127. The monoisotopic (exact) mass is 499 g/mol. The van der Waals surface area contributed by atoms with Crippen molar-refractivity contribution < 1.29 is 13.5 Å². The van der Waals surface area contributed by atoms with E-state index in [4.69, 9.17) is 4.99 Å².